The van der Waals surface area contributed by atoms with Gasteiger partial charge in [0.25, 0.3) is 0 Å². The number of nitrogens with one attached hydrogen (secondary N) is 2. The number of benzene rings is 2. The molecule has 194 valence electrons. The number of aromatic hydroxyl groups is 1. The molecule has 2 aliphatic rings. The SMILES string of the molecule is Br.Br.Cc1ccc2c(c1O)C[C@@H](C1CCN(CCNC(=O)Nc3ccc(F)cc3)CC1)O[C@H]2CN. The Hall–Kier alpha value is -1.72. The summed E-state index contributed by atoms with van der Waals surface area (Å²) >= 11 is 0. The first-order chi connectivity index (χ1) is 15.9. The third-order valence-electron chi connectivity index (χ3n) is 6.80. The van der Waals surface area contributed by atoms with Gasteiger partial charge in [0.05, 0.1) is 12.2 Å². The number of urea groups is 1. The molecule has 2 atom stereocenters. The molecular weight excluding hydrogens is 583 g/mol. The van der Waals surface area contributed by atoms with Crippen molar-refractivity contribution in [2.24, 2.45) is 11.7 Å². The number of halogens is 3. The van der Waals surface area contributed by atoms with Crippen molar-refractivity contribution in [3.05, 3.63) is 58.9 Å². The molecule has 0 unspecified atom stereocenters. The van der Waals surface area contributed by atoms with Crippen molar-refractivity contribution in [3.63, 3.8) is 0 Å². The smallest absolute Gasteiger partial charge is 0.319 e. The van der Waals surface area contributed by atoms with Gasteiger partial charge in [0.2, 0.25) is 0 Å². The van der Waals surface area contributed by atoms with Gasteiger partial charge in [0.1, 0.15) is 11.6 Å². The molecule has 1 fully saturated rings. The second-order valence-corrected chi connectivity index (χ2v) is 8.97. The summed E-state index contributed by atoms with van der Waals surface area (Å²) in [6.07, 6.45) is 2.61. The molecule has 0 saturated carbocycles. The van der Waals surface area contributed by atoms with Gasteiger partial charge in [0.15, 0.2) is 0 Å². The van der Waals surface area contributed by atoms with Crippen LogP contribution >= 0.6 is 34.0 Å². The number of fused-ring (bicyclic) bond motifs is 1. The van der Waals surface area contributed by atoms with E-state index in [9.17, 15) is 14.3 Å². The van der Waals surface area contributed by atoms with Crippen molar-refractivity contribution in [3.8, 4) is 5.75 Å². The average Bonchev–Trinajstić information content (AvgIpc) is 2.83. The number of carbonyl (C=O) groups excluding carboxylic acids is 1. The number of phenolic OH excluding ortho intramolecular Hbond substituents is 1. The normalized spacial score (nSPS) is 20.2. The molecule has 0 radical (unpaired) electrons. The van der Waals surface area contributed by atoms with Crippen molar-refractivity contribution in [2.75, 3.05) is 38.0 Å². The fourth-order valence-corrected chi connectivity index (χ4v) is 4.86. The number of hydrogen-bond acceptors (Lipinski definition) is 5. The predicted octanol–water partition coefficient (Wildman–Crippen LogP) is 4.47. The number of nitrogens with zero attached hydrogens (tertiary/aromatic N) is 1. The summed E-state index contributed by atoms with van der Waals surface area (Å²) in [4.78, 5) is 14.4. The minimum absolute atomic E-state index is 0. The number of nitrogens with two attached hydrogens (primary N) is 1. The summed E-state index contributed by atoms with van der Waals surface area (Å²) in [5.74, 6) is 0.456. The van der Waals surface area contributed by atoms with Crippen molar-refractivity contribution in [1.29, 1.82) is 0 Å². The van der Waals surface area contributed by atoms with E-state index in [1.807, 2.05) is 19.1 Å². The van der Waals surface area contributed by atoms with Gasteiger partial charge >= 0.3 is 6.03 Å². The Labute approximate surface area is 227 Å². The van der Waals surface area contributed by atoms with Crippen LogP contribution in [0.25, 0.3) is 0 Å². The zero-order chi connectivity index (χ0) is 23.4. The monoisotopic (exact) mass is 616 g/mol. The zero-order valence-electron chi connectivity index (χ0n) is 19.8. The molecule has 35 heavy (non-hydrogen) atoms. The number of amides is 2. The Bertz CT molecular complexity index is 972. The molecular formula is C25H35Br2FN4O3. The lowest BCUT2D eigenvalue weighted by molar-refractivity contribution is -0.0645. The molecule has 0 spiro atoms. The van der Waals surface area contributed by atoms with Crippen LogP contribution in [0.1, 0.15) is 35.6 Å². The van der Waals surface area contributed by atoms with E-state index < -0.39 is 0 Å². The molecule has 2 aliphatic heterocycles. The van der Waals surface area contributed by atoms with Gasteiger partial charge in [-0.3, -0.25) is 0 Å². The number of phenols is 1. The van der Waals surface area contributed by atoms with E-state index >= 15 is 0 Å². The number of anilines is 1. The number of aryl methyl sites for hydroxylation is 1. The topological polar surface area (TPSA) is 99.8 Å². The van der Waals surface area contributed by atoms with Gasteiger partial charge in [0, 0.05) is 37.3 Å². The van der Waals surface area contributed by atoms with Crippen LogP contribution in [0.2, 0.25) is 0 Å². The lowest BCUT2D eigenvalue weighted by Crippen LogP contribution is -2.44. The number of carbonyl (C=O) groups is 1. The molecule has 2 heterocycles. The first kappa shape index (κ1) is 29.5. The van der Waals surface area contributed by atoms with Crippen LogP contribution in [0, 0.1) is 18.7 Å². The van der Waals surface area contributed by atoms with Crippen LogP contribution in [-0.4, -0.2) is 54.9 Å². The number of rotatable bonds is 6. The number of ether oxygens (including phenoxy) is 1. The number of likely N-dealkylation sites (tertiary alicyclic amines) is 1. The minimum Gasteiger partial charge on any atom is -0.507 e. The molecule has 5 N–H and O–H groups in total. The minimum atomic E-state index is -0.336. The first-order valence-corrected chi connectivity index (χ1v) is 11.6. The molecule has 0 bridgehead atoms. The number of hydrogen-bond donors (Lipinski definition) is 4. The van der Waals surface area contributed by atoms with Gasteiger partial charge in [-0.25, -0.2) is 9.18 Å². The molecule has 2 amide bonds. The van der Waals surface area contributed by atoms with Crippen LogP contribution in [0.15, 0.2) is 36.4 Å². The van der Waals surface area contributed by atoms with Crippen LogP contribution < -0.4 is 16.4 Å². The average molecular weight is 618 g/mol. The van der Waals surface area contributed by atoms with Gasteiger partial charge in [-0.1, -0.05) is 12.1 Å². The molecule has 0 aromatic heterocycles. The molecule has 7 nitrogen and oxygen atoms in total. The van der Waals surface area contributed by atoms with Crippen molar-refractivity contribution >= 4 is 45.7 Å². The fourth-order valence-electron chi connectivity index (χ4n) is 4.86. The summed E-state index contributed by atoms with van der Waals surface area (Å²) < 4.78 is 19.3. The summed E-state index contributed by atoms with van der Waals surface area (Å²) in [7, 11) is 0. The predicted molar refractivity (Wildman–Crippen MR) is 146 cm³/mol. The quantitative estimate of drug-likeness (QED) is 0.383. The highest BCUT2D eigenvalue weighted by Crippen LogP contribution is 2.40. The third-order valence-corrected chi connectivity index (χ3v) is 6.80. The highest BCUT2D eigenvalue weighted by Gasteiger charge is 2.35. The highest BCUT2D eigenvalue weighted by atomic mass is 79.9. The van der Waals surface area contributed by atoms with Gasteiger partial charge in [-0.05, 0) is 74.2 Å². The molecule has 10 heteroatoms. The van der Waals surface area contributed by atoms with E-state index in [-0.39, 0.29) is 58.0 Å². The molecule has 1 saturated heterocycles. The van der Waals surface area contributed by atoms with E-state index in [2.05, 4.69) is 15.5 Å². The maximum atomic E-state index is 13.0. The first-order valence-electron chi connectivity index (χ1n) is 11.6. The summed E-state index contributed by atoms with van der Waals surface area (Å²) in [5.41, 5.74) is 9.42. The molecule has 2 aromatic rings. The maximum absolute atomic E-state index is 13.0. The lowest BCUT2D eigenvalue weighted by Gasteiger charge is -2.40. The number of piperidine rings is 1. The second kappa shape index (κ2) is 13.5. The van der Waals surface area contributed by atoms with Crippen LogP contribution in [0.5, 0.6) is 5.75 Å². The van der Waals surface area contributed by atoms with Crippen molar-refractivity contribution < 1.29 is 19.0 Å². The Kier molecular flexibility index (Phi) is 11.4. The van der Waals surface area contributed by atoms with Crippen LogP contribution in [0.3, 0.4) is 0 Å². The summed E-state index contributed by atoms with van der Waals surface area (Å²) in [5, 5.41) is 16.2. The van der Waals surface area contributed by atoms with E-state index in [0.717, 1.165) is 55.6 Å². The van der Waals surface area contributed by atoms with E-state index in [1.54, 1.807) is 0 Å². The van der Waals surface area contributed by atoms with Crippen molar-refractivity contribution in [1.82, 2.24) is 10.2 Å². The van der Waals surface area contributed by atoms with E-state index in [0.29, 0.717) is 30.4 Å². The lowest BCUT2D eigenvalue weighted by atomic mass is 9.83. The zero-order valence-corrected chi connectivity index (χ0v) is 23.3. The van der Waals surface area contributed by atoms with E-state index in [1.165, 1.54) is 24.3 Å². The van der Waals surface area contributed by atoms with Gasteiger partial charge in [-0.2, -0.15) is 0 Å². The molecule has 0 aliphatic carbocycles. The second-order valence-electron chi connectivity index (χ2n) is 8.97. The standard InChI is InChI=1S/C25H33FN4O3.2BrH/c1-16-2-7-20-21(24(16)31)14-22(33-23(20)15-27)17-8-11-30(12-9-17)13-10-28-25(32)29-19-5-3-18(26)4-6-19;;/h2-7,17,22-23,31H,8-15,27H2,1H3,(H2,28,29,32);2*1H/t22-,23-;;/m0../s1. The van der Waals surface area contributed by atoms with Crippen LogP contribution in [0.4, 0.5) is 14.9 Å². The molecule has 4 rings (SSSR count). The molecule has 2 aromatic carbocycles. The largest absolute Gasteiger partial charge is 0.507 e. The Balaban J connectivity index is 0.00000216. The Morgan fingerprint density at radius 3 is 2.51 bits per heavy atom. The van der Waals surface area contributed by atoms with Crippen molar-refractivity contribution in [2.45, 2.75) is 38.4 Å². The Morgan fingerprint density at radius 1 is 1.17 bits per heavy atom. The third kappa shape index (κ3) is 7.39. The fraction of sp³-hybridized carbons (Fsp3) is 0.480. The highest BCUT2D eigenvalue weighted by molar-refractivity contribution is 8.93. The Morgan fingerprint density at radius 2 is 1.86 bits per heavy atom. The van der Waals surface area contributed by atoms with E-state index in [4.69, 9.17) is 10.5 Å². The summed E-state index contributed by atoms with van der Waals surface area (Å²) in [6.45, 7) is 5.49. The maximum Gasteiger partial charge on any atom is 0.319 e. The van der Waals surface area contributed by atoms with Gasteiger partial charge < -0.3 is 31.1 Å². The summed E-state index contributed by atoms with van der Waals surface area (Å²) in [6, 6.07) is 9.34. The van der Waals surface area contributed by atoms with Crippen LogP contribution in [-0.2, 0) is 11.2 Å². The van der Waals surface area contributed by atoms with Gasteiger partial charge in [-0.15, -0.1) is 34.0 Å².